The average molecular weight is 524 g/mol. The van der Waals surface area contributed by atoms with Gasteiger partial charge in [0.25, 0.3) is 5.56 Å². The van der Waals surface area contributed by atoms with Gasteiger partial charge in [0.15, 0.2) is 11.2 Å². The molecule has 0 aliphatic carbocycles. The van der Waals surface area contributed by atoms with Gasteiger partial charge in [0.05, 0.1) is 35.1 Å². The maximum atomic E-state index is 13.7. The molecule has 12 nitrogen and oxygen atoms in total. The van der Waals surface area contributed by atoms with Crippen LogP contribution in [0.1, 0.15) is 38.6 Å². The summed E-state index contributed by atoms with van der Waals surface area (Å²) in [5.41, 5.74) is -0.534. The third-order valence-electron chi connectivity index (χ3n) is 7.55. The van der Waals surface area contributed by atoms with Crippen molar-refractivity contribution < 1.29 is 15.0 Å². The summed E-state index contributed by atoms with van der Waals surface area (Å²) in [4.78, 5) is 49.8. The van der Waals surface area contributed by atoms with Gasteiger partial charge in [0.2, 0.25) is 5.91 Å². The third kappa shape index (κ3) is 4.23. The van der Waals surface area contributed by atoms with Gasteiger partial charge in [-0.3, -0.25) is 18.7 Å². The number of amides is 1. The Balaban J connectivity index is 1.55. The Morgan fingerprint density at radius 3 is 2.63 bits per heavy atom. The van der Waals surface area contributed by atoms with Crippen LogP contribution in [0, 0.1) is 0 Å². The van der Waals surface area contributed by atoms with Gasteiger partial charge in [-0.25, -0.2) is 14.8 Å². The minimum Gasteiger partial charge on any atom is -0.391 e. The van der Waals surface area contributed by atoms with E-state index in [2.05, 4.69) is 11.9 Å². The summed E-state index contributed by atoms with van der Waals surface area (Å²) >= 11 is 0. The minimum absolute atomic E-state index is 0.0116. The molecule has 12 heteroatoms. The second kappa shape index (κ2) is 9.52. The monoisotopic (exact) mass is 523 g/mol. The van der Waals surface area contributed by atoms with E-state index in [1.807, 2.05) is 28.8 Å². The van der Waals surface area contributed by atoms with Crippen LogP contribution in [0.15, 0.2) is 40.2 Å². The van der Waals surface area contributed by atoms with Crippen LogP contribution in [-0.4, -0.2) is 74.1 Å². The molecule has 1 aliphatic rings. The van der Waals surface area contributed by atoms with E-state index >= 15 is 0 Å². The number of benzene rings is 1. The fourth-order valence-electron chi connectivity index (χ4n) is 5.56. The highest BCUT2D eigenvalue weighted by Crippen LogP contribution is 2.33. The van der Waals surface area contributed by atoms with Crippen LogP contribution in [0.25, 0.3) is 22.2 Å². The molecule has 1 aliphatic heterocycles. The van der Waals surface area contributed by atoms with Crippen molar-refractivity contribution in [3.8, 4) is 0 Å². The number of carbonyl (C=O) groups is 1. The summed E-state index contributed by atoms with van der Waals surface area (Å²) in [5.74, 6) is 0.572. The molecule has 1 fully saturated rings. The lowest BCUT2D eigenvalue weighted by Gasteiger charge is -2.34. The van der Waals surface area contributed by atoms with E-state index in [1.165, 1.54) is 34.5 Å². The van der Waals surface area contributed by atoms with Crippen LogP contribution in [0.2, 0.25) is 0 Å². The smallest absolute Gasteiger partial charge is 0.332 e. The number of aliphatic hydroxyl groups is 2. The Bertz CT molecular complexity index is 1640. The molecule has 0 spiro atoms. The number of hydrogen-bond acceptors (Lipinski definition) is 7. The first kappa shape index (κ1) is 25.9. The molecule has 0 unspecified atom stereocenters. The fraction of sp³-hybridized carbons (Fsp3) is 0.500. The molecular weight excluding hydrogens is 490 g/mol. The standard InChI is InChI=1S/C26H33N7O5/c1-5-8-20-28-17-9-6-7-10-18(17)32(20)14-21(35)31-12-16(34)11-26(2,38)19(13-31)33-15-27-23-22(33)24(36)30(4)25(37)29(23)3/h6-7,9-10,15-16,19,34,38H,5,8,11-14H2,1-4H3/t16-,19+,26+/m0/s1. The number of hydrogen-bond donors (Lipinski definition) is 2. The molecule has 1 saturated heterocycles. The van der Waals surface area contributed by atoms with Gasteiger partial charge in [-0.05, 0) is 25.5 Å². The zero-order chi connectivity index (χ0) is 27.4. The lowest BCUT2D eigenvalue weighted by atomic mass is 9.91. The zero-order valence-corrected chi connectivity index (χ0v) is 22.0. The first-order valence-electron chi connectivity index (χ1n) is 12.8. The summed E-state index contributed by atoms with van der Waals surface area (Å²) in [5, 5.41) is 22.3. The summed E-state index contributed by atoms with van der Waals surface area (Å²) in [6.07, 6.45) is 2.01. The highest BCUT2D eigenvalue weighted by molar-refractivity contribution is 5.81. The second-order valence-corrected chi connectivity index (χ2v) is 10.4. The van der Waals surface area contributed by atoms with E-state index in [9.17, 15) is 24.6 Å². The average Bonchev–Trinajstić information content (AvgIpc) is 3.42. The molecular formula is C26H33N7O5. The van der Waals surface area contributed by atoms with Crippen molar-refractivity contribution in [1.29, 1.82) is 0 Å². The Labute approximate surface area is 218 Å². The highest BCUT2D eigenvalue weighted by atomic mass is 16.3. The molecule has 3 aromatic heterocycles. The predicted octanol–water partition coefficient (Wildman–Crippen LogP) is 0.321. The highest BCUT2D eigenvalue weighted by Gasteiger charge is 2.42. The van der Waals surface area contributed by atoms with Crippen LogP contribution in [0.4, 0.5) is 0 Å². The van der Waals surface area contributed by atoms with Crippen LogP contribution in [-0.2, 0) is 31.9 Å². The van der Waals surface area contributed by atoms with E-state index < -0.39 is 29.0 Å². The summed E-state index contributed by atoms with van der Waals surface area (Å²) in [6.45, 7) is 3.73. The first-order chi connectivity index (χ1) is 18.0. The van der Waals surface area contributed by atoms with Gasteiger partial charge in [0, 0.05) is 40.0 Å². The van der Waals surface area contributed by atoms with Crippen molar-refractivity contribution in [3.63, 3.8) is 0 Å². The molecule has 4 heterocycles. The van der Waals surface area contributed by atoms with Gasteiger partial charge < -0.3 is 24.2 Å². The minimum atomic E-state index is -1.48. The molecule has 0 bridgehead atoms. The summed E-state index contributed by atoms with van der Waals surface area (Å²) < 4.78 is 5.70. The lowest BCUT2D eigenvalue weighted by Crippen LogP contribution is -2.44. The summed E-state index contributed by atoms with van der Waals surface area (Å²) in [6, 6.07) is 6.85. The molecule has 0 radical (unpaired) electrons. The molecule has 1 aromatic carbocycles. The van der Waals surface area contributed by atoms with Gasteiger partial charge in [-0.2, -0.15) is 0 Å². The second-order valence-electron chi connectivity index (χ2n) is 10.4. The number of fused-ring (bicyclic) bond motifs is 2. The van der Waals surface area contributed by atoms with E-state index in [0.29, 0.717) is 6.42 Å². The SMILES string of the molecule is CCCc1nc2ccccc2n1CC(=O)N1C[C@@H](O)C[C@@](C)(O)[C@H](n2cnc3c2c(=O)n(C)c(=O)n3C)C1. The third-order valence-corrected chi connectivity index (χ3v) is 7.55. The molecule has 202 valence electrons. The maximum absolute atomic E-state index is 13.7. The number of imidazole rings is 2. The van der Waals surface area contributed by atoms with E-state index in [1.54, 1.807) is 6.92 Å². The van der Waals surface area contributed by atoms with Crippen molar-refractivity contribution in [3.05, 3.63) is 57.3 Å². The van der Waals surface area contributed by atoms with Crippen LogP contribution in [0.3, 0.4) is 0 Å². The first-order valence-corrected chi connectivity index (χ1v) is 12.8. The predicted molar refractivity (Wildman–Crippen MR) is 141 cm³/mol. The molecule has 2 N–H and O–H groups in total. The molecule has 1 amide bonds. The van der Waals surface area contributed by atoms with E-state index in [-0.39, 0.29) is 43.1 Å². The Kier molecular flexibility index (Phi) is 6.48. The summed E-state index contributed by atoms with van der Waals surface area (Å²) in [7, 11) is 2.91. The Morgan fingerprint density at radius 2 is 1.89 bits per heavy atom. The number of carbonyl (C=O) groups excluding carboxylic acids is 1. The number of para-hydroxylation sites is 2. The lowest BCUT2D eigenvalue weighted by molar-refractivity contribution is -0.133. The number of rotatable bonds is 5. The van der Waals surface area contributed by atoms with Crippen molar-refractivity contribution in [1.82, 2.24) is 33.1 Å². The number of aromatic nitrogens is 6. The molecule has 4 aromatic rings. The van der Waals surface area contributed by atoms with Gasteiger partial charge in [-0.1, -0.05) is 19.1 Å². The van der Waals surface area contributed by atoms with Gasteiger partial charge >= 0.3 is 5.69 Å². The van der Waals surface area contributed by atoms with Gasteiger partial charge in [0.1, 0.15) is 12.4 Å². The Hall–Kier alpha value is -3.77. The quantitative estimate of drug-likeness (QED) is 0.384. The Morgan fingerprint density at radius 1 is 1.16 bits per heavy atom. The molecule has 3 atom stereocenters. The van der Waals surface area contributed by atoms with Crippen molar-refractivity contribution in [2.24, 2.45) is 14.1 Å². The number of aliphatic hydroxyl groups excluding tert-OH is 1. The largest absolute Gasteiger partial charge is 0.391 e. The number of aryl methyl sites for hydroxylation is 2. The van der Waals surface area contributed by atoms with Gasteiger partial charge in [-0.15, -0.1) is 0 Å². The zero-order valence-electron chi connectivity index (χ0n) is 22.0. The number of likely N-dealkylation sites (tertiary alicyclic amines) is 1. The fourth-order valence-corrected chi connectivity index (χ4v) is 5.56. The normalized spacial score (nSPS) is 22.3. The topological polar surface area (TPSA) is 140 Å². The van der Waals surface area contributed by atoms with Crippen molar-refractivity contribution >= 4 is 28.1 Å². The van der Waals surface area contributed by atoms with E-state index in [4.69, 9.17) is 4.98 Å². The van der Waals surface area contributed by atoms with Crippen LogP contribution < -0.4 is 11.2 Å². The number of nitrogens with zero attached hydrogens (tertiary/aromatic N) is 7. The van der Waals surface area contributed by atoms with Crippen molar-refractivity contribution in [2.75, 3.05) is 13.1 Å². The van der Waals surface area contributed by atoms with Crippen LogP contribution in [0.5, 0.6) is 0 Å². The number of β-amino-alcohol motifs (C(OH)–C–C–N with tert-alkyl or cyclic N) is 1. The molecule has 0 saturated carbocycles. The molecule has 5 rings (SSSR count). The molecule has 38 heavy (non-hydrogen) atoms. The maximum Gasteiger partial charge on any atom is 0.332 e. The van der Waals surface area contributed by atoms with Crippen LogP contribution >= 0.6 is 0 Å². The van der Waals surface area contributed by atoms with Crippen molar-refractivity contribution in [2.45, 2.75) is 57.4 Å². The van der Waals surface area contributed by atoms with E-state index in [0.717, 1.165) is 27.8 Å².